The standard InChI is InChI=1S/C24H38N2O4/c1-23-8-5-14(26-30-15-7-10-25-12-15)11-19(23)16(13-27)22(29)21-17-3-4-20(28)24(17,2)9-6-18(21)23/h15-19,21-22,25,27,29H,3-13H2,1-2H3/b26-14+/t15?,16-,17?,18?,19?,21?,22-,23-,24+/m1/s1. The minimum atomic E-state index is -0.534. The van der Waals surface area contributed by atoms with Crippen LogP contribution in [-0.4, -0.2) is 53.6 Å². The van der Waals surface area contributed by atoms with Crippen molar-refractivity contribution in [2.24, 2.45) is 45.6 Å². The van der Waals surface area contributed by atoms with Gasteiger partial charge in [0.25, 0.3) is 0 Å². The number of hydrogen-bond donors (Lipinski definition) is 3. The fourth-order valence-corrected chi connectivity index (χ4v) is 8.21. The molecule has 168 valence electrons. The number of aliphatic hydroxyl groups is 2. The zero-order chi connectivity index (χ0) is 21.1. The molecule has 5 fully saturated rings. The van der Waals surface area contributed by atoms with E-state index >= 15 is 0 Å². The molecule has 0 aromatic heterocycles. The molecular formula is C24H38N2O4. The number of aliphatic hydroxyl groups excluding tert-OH is 2. The lowest BCUT2D eigenvalue weighted by Crippen LogP contribution is -2.62. The molecule has 4 saturated carbocycles. The van der Waals surface area contributed by atoms with E-state index in [1.165, 1.54) is 0 Å². The molecule has 5 unspecified atom stereocenters. The van der Waals surface area contributed by atoms with Crippen LogP contribution in [0.15, 0.2) is 5.16 Å². The summed E-state index contributed by atoms with van der Waals surface area (Å²) < 4.78 is 0. The maximum absolute atomic E-state index is 12.7. The van der Waals surface area contributed by atoms with Gasteiger partial charge in [-0.1, -0.05) is 19.0 Å². The summed E-state index contributed by atoms with van der Waals surface area (Å²) in [6.45, 7) is 6.38. The van der Waals surface area contributed by atoms with Gasteiger partial charge in [-0.2, -0.15) is 0 Å². The van der Waals surface area contributed by atoms with Gasteiger partial charge in [0.15, 0.2) is 0 Å². The third-order valence-corrected chi connectivity index (χ3v) is 10.1. The van der Waals surface area contributed by atoms with Crippen LogP contribution >= 0.6 is 0 Å². The van der Waals surface area contributed by atoms with E-state index in [1.807, 2.05) is 0 Å². The van der Waals surface area contributed by atoms with Gasteiger partial charge in [-0.15, -0.1) is 0 Å². The highest BCUT2D eigenvalue weighted by Crippen LogP contribution is 2.66. The topological polar surface area (TPSA) is 91.2 Å². The highest BCUT2D eigenvalue weighted by Gasteiger charge is 2.64. The smallest absolute Gasteiger partial charge is 0.141 e. The number of hydrogen-bond acceptors (Lipinski definition) is 6. The van der Waals surface area contributed by atoms with E-state index in [1.54, 1.807) is 0 Å². The number of Topliss-reactive ketones (excluding diaryl/α,β-unsaturated/α-hetero) is 1. The number of rotatable bonds is 3. The van der Waals surface area contributed by atoms with Gasteiger partial charge in [0, 0.05) is 37.3 Å². The predicted molar refractivity (Wildman–Crippen MR) is 114 cm³/mol. The van der Waals surface area contributed by atoms with Crippen molar-refractivity contribution in [1.29, 1.82) is 0 Å². The van der Waals surface area contributed by atoms with E-state index in [9.17, 15) is 15.0 Å². The highest BCUT2D eigenvalue weighted by molar-refractivity contribution is 5.87. The number of nitrogens with one attached hydrogen (secondary N) is 1. The molecule has 0 aromatic carbocycles. The molecule has 1 saturated heterocycles. The summed E-state index contributed by atoms with van der Waals surface area (Å²) in [6.07, 6.45) is 6.94. The van der Waals surface area contributed by atoms with Crippen LogP contribution in [-0.2, 0) is 9.63 Å². The Kier molecular flexibility index (Phi) is 5.27. The van der Waals surface area contributed by atoms with Crippen LogP contribution in [0.25, 0.3) is 0 Å². The zero-order valence-corrected chi connectivity index (χ0v) is 18.5. The summed E-state index contributed by atoms with van der Waals surface area (Å²) in [6, 6.07) is 0. The third kappa shape index (κ3) is 3.01. The van der Waals surface area contributed by atoms with E-state index in [2.05, 4.69) is 24.3 Å². The fourth-order valence-electron chi connectivity index (χ4n) is 8.21. The molecule has 6 heteroatoms. The summed E-state index contributed by atoms with van der Waals surface area (Å²) in [4.78, 5) is 18.5. The number of fused-ring (bicyclic) bond motifs is 5. The molecule has 3 N–H and O–H groups in total. The SMILES string of the molecule is C[C@]12CC/C(=N\OC3CCNC3)CC1[C@@H](CO)[C@@H](O)C1C2CC[C@]2(C)C(=O)CCC12. The quantitative estimate of drug-likeness (QED) is 0.613. The van der Waals surface area contributed by atoms with Crippen molar-refractivity contribution in [2.45, 2.75) is 77.4 Å². The molecule has 1 heterocycles. The lowest BCUT2D eigenvalue weighted by atomic mass is 9.42. The first-order valence-corrected chi connectivity index (χ1v) is 12.1. The Morgan fingerprint density at radius 3 is 2.70 bits per heavy atom. The Balaban J connectivity index is 1.41. The number of carbonyl (C=O) groups is 1. The largest absolute Gasteiger partial charge is 0.396 e. The van der Waals surface area contributed by atoms with E-state index in [4.69, 9.17) is 4.84 Å². The average Bonchev–Trinajstić information content (AvgIpc) is 3.36. The summed E-state index contributed by atoms with van der Waals surface area (Å²) >= 11 is 0. The lowest BCUT2D eigenvalue weighted by Gasteiger charge is -2.63. The average molecular weight is 419 g/mol. The van der Waals surface area contributed by atoms with Gasteiger partial charge in [0.1, 0.15) is 11.9 Å². The molecule has 9 atom stereocenters. The van der Waals surface area contributed by atoms with Crippen LogP contribution in [0, 0.1) is 40.4 Å². The van der Waals surface area contributed by atoms with Gasteiger partial charge in [-0.05, 0) is 74.2 Å². The van der Waals surface area contributed by atoms with Crippen LogP contribution in [0.1, 0.15) is 65.2 Å². The van der Waals surface area contributed by atoms with Crippen molar-refractivity contribution >= 4 is 11.5 Å². The van der Waals surface area contributed by atoms with Gasteiger partial charge in [-0.25, -0.2) is 0 Å². The number of carbonyl (C=O) groups excluding carboxylic acids is 1. The van der Waals surface area contributed by atoms with Gasteiger partial charge in [0.05, 0.1) is 11.8 Å². The van der Waals surface area contributed by atoms with Gasteiger partial charge in [-0.3, -0.25) is 4.79 Å². The van der Waals surface area contributed by atoms with Crippen molar-refractivity contribution in [1.82, 2.24) is 5.32 Å². The molecule has 30 heavy (non-hydrogen) atoms. The van der Waals surface area contributed by atoms with E-state index in [0.29, 0.717) is 18.1 Å². The second-order valence-corrected chi connectivity index (χ2v) is 11.2. The monoisotopic (exact) mass is 418 g/mol. The van der Waals surface area contributed by atoms with Crippen LogP contribution in [0.2, 0.25) is 0 Å². The summed E-state index contributed by atoms with van der Waals surface area (Å²) in [5.41, 5.74) is 0.902. The number of ketones is 1. The van der Waals surface area contributed by atoms with Crippen molar-refractivity contribution in [3.63, 3.8) is 0 Å². The molecule has 0 bridgehead atoms. The molecule has 0 amide bonds. The minimum absolute atomic E-state index is 0.00268. The lowest BCUT2D eigenvalue weighted by molar-refractivity contribution is -0.188. The van der Waals surface area contributed by atoms with E-state index in [-0.39, 0.29) is 47.2 Å². The molecule has 0 aromatic rings. The molecule has 5 aliphatic rings. The zero-order valence-electron chi connectivity index (χ0n) is 18.5. The third-order valence-electron chi connectivity index (χ3n) is 10.1. The Morgan fingerprint density at radius 2 is 1.97 bits per heavy atom. The van der Waals surface area contributed by atoms with Gasteiger partial charge in [0.2, 0.25) is 0 Å². The van der Waals surface area contributed by atoms with Crippen molar-refractivity contribution < 1.29 is 19.8 Å². The van der Waals surface area contributed by atoms with Crippen LogP contribution in [0.4, 0.5) is 0 Å². The maximum Gasteiger partial charge on any atom is 0.141 e. The second kappa shape index (κ2) is 7.56. The molecule has 1 aliphatic heterocycles. The summed E-state index contributed by atoms with van der Waals surface area (Å²) in [7, 11) is 0. The molecular weight excluding hydrogens is 380 g/mol. The van der Waals surface area contributed by atoms with E-state index in [0.717, 1.165) is 63.7 Å². The Bertz CT molecular complexity index is 720. The minimum Gasteiger partial charge on any atom is -0.396 e. The van der Waals surface area contributed by atoms with Crippen molar-refractivity contribution in [3.05, 3.63) is 0 Å². The molecule has 0 spiro atoms. The molecule has 6 nitrogen and oxygen atoms in total. The summed E-state index contributed by atoms with van der Waals surface area (Å²) in [5, 5.41) is 29.7. The summed E-state index contributed by atoms with van der Waals surface area (Å²) in [5.74, 6) is 1.28. The van der Waals surface area contributed by atoms with Crippen LogP contribution in [0.3, 0.4) is 0 Å². The fraction of sp³-hybridized carbons (Fsp3) is 0.917. The van der Waals surface area contributed by atoms with Gasteiger partial charge < -0.3 is 20.4 Å². The van der Waals surface area contributed by atoms with Crippen molar-refractivity contribution in [2.75, 3.05) is 19.7 Å². The highest BCUT2D eigenvalue weighted by atomic mass is 16.6. The van der Waals surface area contributed by atoms with Crippen molar-refractivity contribution in [3.8, 4) is 0 Å². The normalized spacial score (nSPS) is 52.1. The van der Waals surface area contributed by atoms with Crippen LogP contribution < -0.4 is 5.32 Å². The first-order chi connectivity index (χ1) is 14.4. The molecule has 0 radical (unpaired) electrons. The van der Waals surface area contributed by atoms with Gasteiger partial charge >= 0.3 is 0 Å². The molecule has 4 aliphatic carbocycles. The second-order valence-electron chi connectivity index (χ2n) is 11.2. The Morgan fingerprint density at radius 1 is 1.13 bits per heavy atom. The predicted octanol–water partition coefficient (Wildman–Crippen LogP) is 2.52. The first-order valence-electron chi connectivity index (χ1n) is 12.1. The maximum atomic E-state index is 12.7. The Labute approximate surface area is 179 Å². The van der Waals surface area contributed by atoms with Crippen LogP contribution in [0.5, 0.6) is 0 Å². The first kappa shape index (κ1) is 20.9. The van der Waals surface area contributed by atoms with E-state index < -0.39 is 6.10 Å². The number of nitrogens with zero attached hydrogens (tertiary/aromatic N) is 1. The molecule has 5 rings (SSSR count). The Hall–Kier alpha value is -0.980. The number of oxime groups is 1.